The van der Waals surface area contributed by atoms with E-state index < -0.39 is 0 Å². The number of phenolic OH excluding ortho intramolecular Hbond substituents is 2. The van der Waals surface area contributed by atoms with Crippen LogP contribution in [0, 0.1) is 33.6 Å². The Morgan fingerprint density at radius 2 is 1.00 bits per heavy atom. The number of aryl methyl sites for hydroxylation is 4. The van der Waals surface area contributed by atoms with Crippen molar-refractivity contribution in [3.05, 3.63) is 57.6 Å². The molecule has 23 heavy (non-hydrogen) atoms. The predicted octanol–water partition coefficient (Wildman–Crippen LogP) is 5.51. The number of aromatic hydroxyl groups is 2. The third-order valence-electron chi connectivity index (χ3n) is 4.54. The summed E-state index contributed by atoms with van der Waals surface area (Å²) in [6, 6.07) is 8.36. The smallest absolute Gasteiger partial charge is 0.121 e. The molecule has 0 saturated carbocycles. The summed E-state index contributed by atoms with van der Waals surface area (Å²) >= 11 is 0. The highest BCUT2D eigenvalue weighted by molar-refractivity contribution is 5.49. The van der Waals surface area contributed by atoms with Crippen LogP contribution < -0.4 is 0 Å². The van der Waals surface area contributed by atoms with Crippen molar-refractivity contribution < 1.29 is 10.2 Å². The first-order valence-corrected chi connectivity index (χ1v) is 8.31. The maximum absolute atomic E-state index is 10.1. The maximum atomic E-state index is 10.1. The molecule has 0 radical (unpaired) electrons. The molecule has 0 aliphatic heterocycles. The van der Waals surface area contributed by atoms with Crippen molar-refractivity contribution in [2.45, 2.75) is 53.9 Å². The van der Waals surface area contributed by atoms with Crippen LogP contribution in [-0.2, 0) is 0 Å². The minimum absolute atomic E-state index is 0.269. The average molecular weight is 312 g/mol. The Hall–Kier alpha value is -1.96. The molecule has 2 heteroatoms. The van der Waals surface area contributed by atoms with Crippen LogP contribution in [0.5, 0.6) is 11.5 Å². The van der Waals surface area contributed by atoms with E-state index in [0.29, 0.717) is 17.4 Å². The van der Waals surface area contributed by atoms with Gasteiger partial charge in [-0.2, -0.15) is 0 Å². The Morgan fingerprint density at radius 1 is 0.696 bits per heavy atom. The summed E-state index contributed by atoms with van der Waals surface area (Å²) in [4.78, 5) is 0. The third-order valence-corrected chi connectivity index (χ3v) is 4.54. The van der Waals surface area contributed by atoms with Crippen molar-refractivity contribution in [1.29, 1.82) is 0 Å². The highest BCUT2D eigenvalue weighted by atomic mass is 16.3. The fourth-order valence-electron chi connectivity index (χ4n) is 3.32. The van der Waals surface area contributed by atoms with Gasteiger partial charge >= 0.3 is 0 Å². The number of hydrogen-bond acceptors (Lipinski definition) is 2. The average Bonchev–Trinajstić information content (AvgIpc) is 2.46. The van der Waals surface area contributed by atoms with Crippen LogP contribution in [0.1, 0.15) is 59.6 Å². The second-order valence-corrected chi connectivity index (χ2v) is 7.19. The summed E-state index contributed by atoms with van der Waals surface area (Å²) in [5, 5.41) is 20.1. The second kappa shape index (κ2) is 6.66. The third kappa shape index (κ3) is 3.69. The van der Waals surface area contributed by atoms with Gasteiger partial charge in [-0.3, -0.25) is 0 Å². The molecular weight excluding hydrogens is 284 g/mol. The Morgan fingerprint density at radius 3 is 1.26 bits per heavy atom. The van der Waals surface area contributed by atoms with Gasteiger partial charge in [-0.25, -0.2) is 0 Å². The first-order chi connectivity index (χ1) is 10.7. The summed E-state index contributed by atoms with van der Waals surface area (Å²) in [5.74, 6) is 1.60. The first kappa shape index (κ1) is 17.4. The zero-order valence-corrected chi connectivity index (χ0v) is 15.1. The molecule has 2 rings (SSSR count). The molecule has 0 aliphatic rings. The molecule has 0 unspecified atom stereocenters. The zero-order valence-electron chi connectivity index (χ0n) is 15.1. The lowest BCUT2D eigenvalue weighted by Gasteiger charge is -2.23. The number of hydrogen-bond donors (Lipinski definition) is 2. The standard InChI is InChI=1S/C21H28O2/c1-12(2)7-19(17-8-13(3)20(22)14(4)9-17)18-10-15(5)21(23)16(6)11-18/h8-12,19,22-23H,7H2,1-6H3. The van der Waals surface area contributed by atoms with Crippen LogP contribution in [0.25, 0.3) is 0 Å². The lowest BCUT2D eigenvalue weighted by molar-refractivity contribution is 0.465. The van der Waals surface area contributed by atoms with E-state index in [4.69, 9.17) is 0 Å². The molecule has 0 aliphatic carbocycles. The predicted molar refractivity (Wildman–Crippen MR) is 96.5 cm³/mol. The lowest BCUT2D eigenvalue weighted by atomic mass is 9.82. The molecule has 2 nitrogen and oxygen atoms in total. The first-order valence-electron chi connectivity index (χ1n) is 8.31. The Balaban J connectivity index is 2.58. The van der Waals surface area contributed by atoms with Gasteiger partial charge in [0.05, 0.1) is 0 Å². The van der Waals surface area contributed by atoms with E-state index >= 15 is 0 Å². The van der Waals surface area contributed by atoms with Crippen molar-refractivity contribution in [1.82, 2.24) is 0 Å². The summed E-state index contributed by atoms with van der Waals surface area (Å²) in [7, 11) is 0. The van der Waals surface area contributed by atoms with E-state index in [9.17, 15) is 10.2 Å². The number of benzene rings is 2. The van der Waals surface area contributed by atoms with Crippen LogP contribution in [0.4, 0.5) is 0 Å². The minimum atomic E-state index is 0.269. The molecule has 124 valence electrons. The number of rotatable bonds is 4. The molecule has 2 aromatic rings. The van der Waals surface area contributed by atoms with Crippen molar-refractivity contribution in [3.8, 4) is 11.5 Å². The Kier molecular flexibility index (Phi) is 5.03. The monoisotopic (exact) mass is 312 g/mol. The quantitative estimate of drug-likeness (QED) is 0.781. The van der Waals surface area contributed by atoms with Crippen molar-refractivity contribution in [2.75, 3.05) is 0 Å². The minimum Gasteiger partial charge on any atom is -0.507 e. The molecular formula is C21H28O2. The fourth-order valence-corrected chi connectivity index (χ4v) is 3.32. The van der Waals surface area contributed by atoms with E-state index in [1.165, 1.54) is 11.1 Å². The van der Waals surface area contributed by atoms with Gasteiger partial charge in [-0.05, 0) is 73.4 Å². The van der Waals surface area contributed by atoms with Gasteiger partial charge in [0.1, 0.15) is 11.5 Å². The molecule has 0 spiro atoms. The Bertz CT molecular complexity index is 610. The van der Waals surface area contributed by atoms with Gasteiger partial charge in [0.2, 0.25) is 0 Å². The maximum Gasteiger partial charge on any atom is 0.121 e. The van der Waals surface area contributed by atoms with Crippen LogP contribution in [0.15, 0.2) is 24.3 Å². The molecule has 0 atom stereocenters. The SMILES string of the molecule is Cc1cc(C(CC(C)C)c2cc(C)c(O)c(C)c2)cc(C)c1O. The van der Waals surface area contributed by atoms with Crippen LogP contribution in [-0.4, -0.2) is 10.2 Å². The van der Waals surface area contributed by atoms with Gasteiger partial charge in [0, 0.05) is 5.92 Å². The topological polar surface area (TPSA) is 40.5 Å². The van der Waals surface area contributed by atoms with E-state index in [0.717, 1.165) is 28.7 Å². The summed E-state index contributed by atoms with van der Waals surface area (Å²) in [6.45, 7) is 12.3. The highest BCUT2D eigenvalue weighted by Gasteiger charge is 2.19. The van der Waals surface area contributed by atoms with Gasteiger partial charge < -0.3 is 10.2 Å². The van der Waals surface area contributed by atoms with Crippen molar-refractivity contribution in [3.63, 3.8) is 0 Å². The van der Waals surface area contributed by atoms with Gasteiger partial charge in [-0.15, -0.1) is 0 Å². The van der Waals surface area contributed by atoms with Gasteiger partial charge in [0.15, 0.2) is 0 Å². The van der Waals surface area contributed by atoms with E-state index in [1.54, 1.807) is 0 Å². The van der Waals surface area contributed by atoms with Crippen molar-refractivity contribution in [2.24, 2.45) is 5.92 Å². The van der Waals surface area contributed by atoms with Crippen LogP contribution in [0.3, 0.4) is 0 Å². The second-order valence-electron chi connectivity index (χ2n) is 7.19. The van der Waals surface area contributed by atoms with E-state index in [2.05, 4.69) is 38.1 Å². The molecule has 2 N–H and O–H groups in total. The van der Waals surface area contributed by atoms with E-state index in [-0.39, 0.29) is 5.92 Å². The number of phenols is 2. The normalized spacial score (nSPS) is 11.5. The molecule has 0 saturated heterocycles. The molecule has 0 fully saturated rings. The fraction of sp³-hybridized carbons (Fsp3) is 0.429. The van der Waals surface area contributed by atoms with E-state index in [1.807, 2.05) is 27.7 Å². The highest BCUT2D eigenvalue weighted by Crippen LogP contribution is 2.37. The van der Waals surface area contributed by atoms with Gasteiger partial charge in [0.25, 0.3) is 0 Å². The molecule has 0 aromatic heterocycles. The summed E-state index contributed by atoms with van der Waals surface area (Å²) in [6.07, 6.45) is 1.04. The van der Waals surface area contributed by atoms with Crippen LogP contribution >= 0.6 is 0 Å². The Labute approximate surface area is 139 Å². The summed E-state index contributed by atoms with van der Waals surface area (Å²) < 4.78 is 0. The van der Waals surface area contributed by atoms with Crippen LogP contribution in [0.2, 0.25) is 0 Å². The molecule has 2 aromatic carbocycles. The van der Waals surface area contributed by atoms with Crippen molar-refractivity contribution >= 4 is 0 Å². The van der Waals surface area contributed by atoms with Gasteiger partial charge in [-0.1, -0.05) is 38.1 Å². The molecule has 0 heterocycles. The largest absolute Gasteiger partial charge is 0.507 e. The summed E-state index contributed by atoms with van der Waals surface area (Å²) in [5.41, 5.74) is 6.14. The lowest BCUT2D eigenvalue weighted by Crippen LogP contribution is -2.07. The molecule has 0 bridgehead atoms. The molecule has 0 amide bonds. The zero-order chi connectivity index (χ0) is 17.3.